The van der Waals surface area contributed by atoms with Crippen LogP contribution in [0.15, 0.2) is 0 Å². The fourth-order valence-electron chi connectivity index (χ4n) is 2.93. The summed E-state index contributed by atoms with van der Waals surface area (Å²) < 4.78 is 5.38. The molecule has 1 heterocycles. The number of rotatable bonds is 4. The summed E-state index contributed by atoms with van der Waals surface area (Å²) in [5, 5.41) is 3.04. The van der Waals surface area contributed by atoms with Gasteiger partial charge in [-0.05, 0) is 37.6 Å². The molecule has 1 saturated carbocycles. The maximum Gasteiger partial charge on any atom is 0.249 e. The van der Waals surface area contributed by atoms with Crippen LogP contribution in [0.4, 0.5) is 0 Å². The van der Waals surface area contributed by atoms with Crippen LogP contribution >= 0.6 is 0 Å². The van der Waals surface area contributed by atoms with Crippen molar-refractivity contribution < 1.29 is 9.53 Å². The molecule has 2 aliphatic rings. The Morgan fingerprint density at radius 1 is 1.29 bits per heavy atom. The summed E-state index contributed by atoms with van der Waals surface area (Å²) in [4.78, 5) is 11.9. The van der Waals surface area contributed by atoms with Gasteiger partial charge in [0.15, 0.2) is 0 Å². The Balaban J connectivity index is 1.80. The normalized spacial score (nSPS) is 27.9. The predicted molar refractivity (Wildman–Crippen MR) is 66.6 cm³/mol. The van der Waals surface area contributed by atoms with E-state index in [0.717, 1.165) is 38.8 Å². The molecule has 2 fully saturated rings. The third-order valence-corrected chi connectivity index (χ3v) is 4.21. The third-order valence-electron chi connectivity index (χ3n) is 4.21. The van der Waals surface area contributed by atoms with Gasteiger partial charge in [-0.1, -0.05) is 19.3 Å². The zero-order valence-electron chi connectivity index (χ0n) is 10.5. The van der Waals surface area contributed by atoms with Crippen LogP contribution < -0.4 is 11.1 Å². The van der Waals surface area contributed by atoms with Crippen LogP contribution in [0, 0.1) is 5.41 Å². The van der Waals surface area contributed by atoms with Crippen LogP contribution in [0.1, 0.15) is 44.9 Å². The third kappa shape index (κ3) is 3.19. The van der Waals surface area contributed by atoms with Crippen LogP contribution in [0.5, 0.6) is 0 Å². The highest BCUT2D eigenvalue weighted by Gasteiger charge is 2.32. The molecule has 0 aromatic rings. The van der Waals surface area contributed by atoms with Gasteiger partial charge in [0.2, 0.25) is 5.91 Å². The standard InChI is InChI=1S/C13H24N2O2/c14-9-13(6-2-1-3-7-13)10-15-12(16)11-5-4-8-17-11/h11H,1-10,14H2,(H,15,16). The van der Waals surface area contributed by atoms with Gasteiger partial charge in [0.05, 0.1) is 0 Å². The van der Waals surface area contributed by atoms with E-state index in [1.807, 2.05) is 0 Å². The SMILES string of the molecule is NCC1(CNC(=O)C2CCCO2)CCCCC1. The van der Waals surface area contributed by atoms with Gasteiger partial charge in [0.25, 0.3) is 0 Å². The molecule has 17 heavy (non-hydrogen) atoms. The van der Waals surface area contributed by atoms with Crippen molar-refractivity contribution in [2.24, 2.45) is 11.1 Å². The second-order valence-corrected chi connectivity index (χ2v) is 5.48. The molecular weight excluding hydrogens is 216 g/mol. The number of ether oxygens (including phenoxy) is 1. The summed E-state index contributed by atoms with van der Waals surface area (Å²) in [6, 6.07) is 0. The second kappa shape index (κ2) is 5.83. The maximum absolute atomic E-state index is 11.9. The smallest absolute Gasteiger partial charge is 0.249 e. The first-order chi connectivity index (χ1) is 8.26. The highest BCUT2D eigenvalue weighted by molar-refractivity contribution is 5.81. The van der Waals surface area contributed by atoms with Crippen molar-refractivity contribution in [1.29, 1.82) is 0 Å². The largest absolute Gasteiger partial charge is 0.368 e. The van der Waals surface area contributed by atoms with Gasteiger partial charge in [-0.25, -0.2) is 0 Å². The fourth-order valence-corrected chi connectivity index (χ4v) is 2.93. The minimum Gasteiger partial charge on any atom is -0.368 e. The quantitative estimate of drug-likeness (QED) is 0.776. The molecule has 1 aliphatic heterocycles. The minimum atomic E-state index is -0.214. The zero-order chi connectivity index (χ0) is 12.1. The van der Waals surface area contributed by atoms with Crippen molar-refractivity contribution in [3.05, 3.63) is 0 Å². The summed E-state index contributed by atoms with van der Waals surface area (Å²) in [7, 11) is 0. The molecule has 0 aromatic carbocycles. The summed E-state index contributed by atoms with van der Waals surface area (Å²) in [5.74, 6) is 0.0564. The molecule has 1 aliphatic carbocycles. The van der Waals surface area contributed by atoms with Gasteiger partial charge < -0.3 is 15.8 Å². The minimum absolute atomic E-state index is 0.0564. The van der Waals surface area contributed by atoms with Crippen molar-refractivity contribution in [2.45, 2.75) is 51.0 Å². The molecule has 2 rings (SSSR count). The molecule has 0 aromatic heterocycles. The van der Waals surface area contributed by atoms with Crippen LogP contribution in [0.25, 0.3) is 0 Å². The predicted octanol–water partition coefficient (Wildman–Crippen LogP) is 1.19. The maximum atomic E-state index is 11.9. The first kappa shape index (κ1) is 12.8. The number of carbonyl (C=O) groups excluding carboxylic acids is 1. The van der Waals surface area contributed by atoms with Gasteiger partial charge >= 0.3 is 0 Å². The lowest BCUT2D eigenvalue weighted by Gasteiger charge is -2.36. The van der Waals surface area contributed by atoms with Crippen molar-refractivity contribution in [3.8, 4) is 0 Å². The Morgan fingerprint density at radius 2 is 2.06 bits per heavy atom. The van der Waals surface area contributed by atoms with Crippen LogP contribution in [-0.2, 0) is 9.53 Å². The number of nitrogens with two attached hydrogens (primary N) is 1. The van der Waals surface area contributed by atoms with Crippen molar-refractivity contribution in [2.75, 3.05) is 19.7 Å². The van der Waals surface area contributed by atoms with Crippen LogP contribution in [0.3, 0.4) is 0 Å². The van der Waals surface area contributed by atoms with E-state index in [1.165, 1.54) is 19.3 Å². The Morgan fingerprint density at radius 3 is 2.65 bits per heavy atom. The highest BCUT2D eigenvalue weighted by Crippen LogP contribution is 2.34. The lowest BCUT2D eigenvalue weighted by Crippen LogP contribution is -2.46. The Bertz CT molecular complexity index is 256. The summed E-state index contributed by atoms with van der Waals surface area (Å²) in [6.45, 7) is 2.13. The topological polar surface area (TPSA) is 64.3 Å². The summed E-state index contributed by atoms with van der Waals surface area (Å²) in [6.07, 6.45) is 7.74. The van der Waals surface area contributed by atoms with E-state index in [-0.39, 0.29) is 17.4 Å². The van der Waals surface area contributed by atoms with Crippen LogP contribution in [0.2, 0.25) is 0 Å². The first-order valence-corrected chi connectivity index (χ1v) is 6.85. The second-order valence-electron chi connectivity index (χ2n) is 5.48. The lowest BCUT2D eigenvalue weighted by atomic mass is 9.74. The van der Waals surface area contributed by atoms with Crippen molar-refractivity contribution >= 4 is 5.91 Å². The number of amides is 1. The monoisotopic (exact) mass is 240 g/mol. The molecular formula is C13H24N2O2. The molecule has 3 N–H and O–H groups in total. The van der Waals surface area contributed by atoms with E-state index < -0.39 is 0 Å². The Labute approximate surface area is 103 Å². The summed E-state index contributed by atoms with van der Waals surface area (Å²) >= 11 is 0. The molecule has 4 nitrogen and oxygen atoms in total. The van der Waals surface area contributed by atoms with Crippen LogP contribution in [-0.4, -0.2) is 31.7 Å². The van der Waals surface area contributed by atoms with Gasteiger partial charge in [0.1, 0.15) is 6.10 Å². The van der Waals surface area contributed by atoms with E-state index in [9.17, 15) is 4.79 Å². The highest BCUT2D eigenvalue weighted by atomic mass is 16.5. The van der Waals surface area contributed by atoms with E-state index in [1.54, 1.807) is 0 Å². The number of nitrogens with one attached hydrogen (secondary N) is 1. The zero-order valence-corrected chi connectivity index (χ0v) is 10.5. The van der Waals surface area contributed by atoms with Gasteiger partial charge in [0, 0.05) is 13.2 Å². The van der Waals surface area contributed by atoms with E-state index in [4.69, 9.17) is 10.5 Å². The molecule has 0 spiro atoms. The molecule has 98 valence electrons. The molecule has 1 atom stereocenters. The molecule has 1 amide bonds. The molecule has 1 unspecified atom stereocenters. The Kier molecular flexibility index (Phi) is 4.40. The average Bonchev–Trinajstić information content (AvgIpc) is 2.91. The number of hydrogen-bond acceptors (Lipinski definition) is 3. The molecule has 0 radical (unpaired) electrons. The van der Waals surface area contributed by atoms with Gasteiger partial charge in [-0.15, -0.1) is 0 Å². The van der Waals surface area contributed by atoms with E-state index in [2.05, 4.69) is 5.32 Å². The number of carbonyl (C=O) groups is 1. The number of hydrogen-bond donors (Lipinski definition) is 2. The Hall–Kier alpha value is -0.610. The molecule has 4 heteroatoms. The molecule has 0 bridgehead atoms. The average molecular weight is 240 g/mol. The van der Waals surface area contributed by atoms with Crippen molar-refractivity contribution in [1.82, 2.24) is 5.32 Å². The van der Waals surface area contributed by atoms with E-state index in [0.29, 0.717) is 6.54 Å². The van der Waals surface area contributed by atoms with Crippen molar-refractivity contribution in [3.63, 3.8) is 0 Å². The molecule has 1 saturated heterocycles. The first-order valence-electron chi connectivity index (χ1n) is 6.85. The lowest BCUT2D eigenvalue weighted by molar-refractivity contribution is -0.130. The van der Waals surface area contributed by atoms with Gasteiger partial charge in [-0.2, -0.15) is 0 Å². The van der Waals surface area contributed by atoms with E-state index >= 15 is 0 Å². The fraction of sp³-hybridized carbons (Fsp3) is 0.923. The summed E-state index contributed by atoms with van der Waals surface area (Å²) in [5.41, 5.74) is 6.04. The van der Waals surface area contributed by atoms with Gasteiger partial charge in [-0.3, -0.25) is 4.79 Å².